The van der Waals surface area contributed by atoms with Crippen LogP contribution in [-0.4, -0.2) is 80.0 Å². The van der Waals surface area contributed by atoms with E-state index in [2.05, 4.69) is 36.3 Å². The summed E-state index contributed by atoms with van der Waals surface area (Å²) in [7, 11) is 3.25. The Morgan fingerprint density at radius 3 is 2.48 bits per heavy atom. The van der Waals surface area contributed by atoms with Gasteiger partial charge in [0, 0.05) is 67.2 Å². The second-order valence-electron chi connectivity index (χ2n) is 17.5. The Hall–Kier alpha value is -5.72. The molecule has 4 N–H and O–H groups in total. The second kappa shape index (κ2) is 14.4. The van der Waals surface area contributed by atoms with Gasteiger partial charge in [-0.05, 0) is 80.8 Å². The molecule has 2 aliphatic carbocycles. The highest BCUT2D eigenvalue weighted by atomic mass is 35.5. The lowest BCUT2D eigenvalue weighted by Crippen LogP contribution is -2.62. The molecule has 14 nitrogen and oxygen atoms in total. The predicted octanol–water partition coefficient (Wildman–Crippen LogP) is 7.00. The number of carbonyl (C=O) groups excluding carboxylic acids is 2. The van der Waals surface area contributed by atoms with Crippen LogP contribution in [0.4, 0.5) is 50.8 Å². The Morgan fingerprint density at radius 2 is 1.74 bits per heavy atom. The van der Waals surface area contributed by atoms with Crippen LogP contribution in [0.15, 0.2) is 47.4 Å². The molecule has 2 saturated carbocycles. The molecule has 1 spiro atoms. The number of fused-ring (bicyclic) bond motifs is 4. The van der Waals surface area contributed by atoms with Crippen molar-refractivity contribution in [2.24, 2.45) is 31.3 Å². The molecule has 5 aromatic rings. The molecule has 10 rings (SSSR count). The number of carbonyl (C=O) groups is 2. The molecule has 2 aromatic carbocycles. The number of pyridine rings is 1. The first-order valence-electron chi connectivity index (χ1n) is 20.6. The van der Waals surface area contributed by atoms with Gasteiger partial charge in [-0.25, -0.2) is 13.8 Å². The molecule has 2 amide bonds. The van der Waals surface area contributed by atoms with Crippen LogP contribution in [0.3, 0.4) is 0 Å². The van der Waals surface area contributed by atoms with E-state index in [1.54, 1.807) is 55.2 Å². The third kappa shape index (κ3) is 7.01. The first kappa shape index (κ1) is 40.4. The zero-order valence-corrected chi connectivity index (χ0v) is 34.3. The van der Waals surface area contributed by atoms with Crippen molar-refractivity contribution in [3.63, 3.8) is 0 Å². The maximum Gasteiger partial charge on any atom is 0.393 e. The number of hydrogen-bond donors (Lipinski definition) is 4. The van der Waals surface area contributed by atoms with E-state index < -0.39 is 59.5 Å². The summed E-state index contributed by atoms with van der Waals surface area (Å²) in [6, 6.07) is 8.22. The number of imide groups is 1. The van der Waals surface area contributed by atoms with E-state index in [0.29, 0.717) is 77.6 Å². The molecular weight excluding hydrogens is 839 g/mol. The molecule has 5 aliphatic rings. The lowest BCUT2D eigenvalue weighted by molar-refractivity contribution is -0.196. The minimum Gasteiger partial charge on any atom is -0.480 e. The number of rotatable bonds is 7. The van der Waals surface area contributed by atoms with Gasteiger partial charge in [0.05, 0.1) is 46.5 Å². The SMILES string of the molecule is Cn1nc(C2CCC(=O)NC2=O)c2ccc(NC3CCC4(CC3C(F)(F)F)CN(c3ncc(Cl)c(Nc5ccc6c(c5)c5c(c(=O)n6C)OCC(F)(F)[C@H](C6CC6)N5)n3)C4)cc21. The number of amides is 2. The Kier molecular flexibility index (Phi) is 9.39. The quantitative estimate of drug-likeness (QED) is 0.0985. The standard InChI is InChI=1S/C42H42ClF5N10O4/c1-56-29-9-6-21(13-25(29)33-34(38(56)61)62-19-41(44,45)35(53-33)20-3-4-20)51-36-27(43)16-49-39(54-36)58-17-40(18-58)12-11-28(26(15-40)42(46,47)48)50-22-5-7-23-30(14-22)57(2)55-32(23)24-8-10-31(59)52-37(24)60/h5-7,9,13-14,16,20,24,26,28,35,50,53H,3-4,8,10-12,15,17-19H2,1-2H3,(H,49,51,54)(H,52,59,60)/t24?,26?,28?,35-/m0/s1. The molecule has 4 fully saturated rings. The smallest absolute Gasteiger partial charge is 0.393 e. The van der Waals surface area contributed by atoms with Crippen molar-refractivity contribution < 1.29 is 36.3 Å². The zero-order chi connectivity index (χ0) is 43.5. The molecule has 4 atom stereocenters. The molecular formula is C42H42ClF5N10O4. The van der Waals surface area contributed by atoms with Gasteiger partial charge in [0.15, 0.2) is 12.4 Å². The summed E-state index contributed by atoms with van der Waals surface area (Å²) in [6.45, 7) is -0.294. The van der Waals surface area contributed by atoms with Gasteiger partial charge in [0.25, 0.3) is 5.56 Å². The fraction of sp³-hybridized carbons (Fsp3) is 0.476. The first-order valence-corrected chi connectivity index (χ1v) is 21.0. The minimum atomic E-state index is -4.47. The highest BCUT2D eigenvalue weighted by Gasteiger charge is 2.56. The number of halogens is 6. The topological polar surface area (TPSA) is 160 Å². The summed E-state index contributed by atoms with van der Waals surface area (Å²) in [6.07, 6.45) is -0.518. The Balaban J connectivity index is 0.845. The molecule has 3 unspecified atom stereocenters. The van der Waals surface area contributed by atoms with Crippen LogP contribution in [-0.2, 0) is 23.7 Å². The van der Waals surface area contributed by atoms with E-state index >= 15 is 8.78 Å². The molecule has 0 bridgehead atoms. The Bertz CT molecular complexity index is 2730. The Morgan fingerprint density at radius 1 is 0.968 bits per heavy atom. The molecule has 6 heterocycles. The third-order valence-corrected chi connectivity index (χ3v) is 13.6. The number of hydrogen-bond acceptors (Lipinski definition) is 11. The van der Waals surface area contributed by atoms with Gasteiger partial charge in [-0.15, -0.1) is 0 Å². The average Bonchev–Trinajstić information content (AvgIpc) is 4.02. The highest BCUT2D eigenvalue weighted by molar-refractivity contribution is 6.33. The molecule has 0 radical (unpaired) electrons. The van der Waals surface area contributed by atoms with Crippen LogP contribution in [0.25, 0.3) is 21.8 Å². The van der Waals surface area contributed by atoms with Crippen LogP contribution < -0.4 is 36.5 Å². The van der Waals surface area contributed by atoms with Crippen molar-refractivity contribution in [1.82, 2.24) is 29.6 Å². The van der Waals surface area contributed by atoms with E-state index in [1.165, 1.54) is 10.8 Å². The predicted molar refractivity (Wildman–Crippen MR) is 221 cm³/mol. The number of piperidine rings is 1. The molecule has 326 valence electrons. The van der Waals surface area contributed by atoms with Crippen molar-refractivity contribution in [2.75, 3.05) is 40.5 Å². The van der Waals surface area contributed by atoms with Gasteiger partial charge in [-0.1, -0.05) is 11.6 Å². The lowest BCUT2D eigenvalue weighted by Gasteiger charge is -2.55. The van der Waals surface area contributed by atoms with E-state index in [1.807, 2.05) is 4.90 Å². The van der Waals surface area contributed by atoms with Crippen LogP contribution in [0, 0.1) is 17.3 Å². The summed E-state index contributed by atoms with van der Waals surface area (Å²) in [4.78, 5) is 48.4. The fourth-order valence-electron chi connectivity index (χ4n) is 9.90. The van der Waals surface area contributed by atoms with E-state index in [9.17, 15) is 27.6 Å². The van der Waals surface area contributed by atoms with Gasteiger partial charge in [0.1, 0.15) is 5.02 Å². The zero-order valence-electron chi connectivity index (χ0n) is 33.6. The monoisotopic (exact) mass is 880 g/mol. The maximum atomic E-state index is 15.2. The molecule has 2 saturated heterocycles. The number of aryl methyl sites for hydroxylation is 2. The summed E-state index contributed by atoms with van der Waals surface area (Å²) >= 11 is 6.56. The largest absolute Gasteiger partial charge is 0.480 e. The van der Waals surface area contributed by atoms with Gasteiger partial charge in [0.2, 0.25) is 23.5 Å². The first-order chi connectivity index (χ1) is 29.5. The number of benzene rings is 2. The van der Waals surface area contributed by atoms with Crippen LogP contribution >= 0.6 is 11.6 Å². The highest BCUT2D eigenvalue weighted by Crippen LogP contribution is 2.52. The van der Waals surface area contributed by atoms with Gasteiger partial charge in [-0.2, -0.15) is 23.3 Å². The Labute approximate surface area is 355 Å². The van der Waals surface area contributed by atoms with Crippen LogP contribution in [0.5, 0.6) is 5.75 Å². The number of nitrogens with zero attached hydrogens (tertiary/aromatic N) is 6. The number of ether oxygens (including phenoxy) is 1. The van der Waals surface area contributed by atoms with E-state index in [-0.39, 0.29) is 59.3 Å². The van der Waals surface area contributed by atoms with Crippen molar-refractivity contribution in [3.05, 3.63) is 63.7 Å². The van der Waals surface area contributed by atoms with Crippen molar-refractivity contribution in [1.29, 1.82) is 0 Å². The van der Waals surface area contributed by atoms with E-state index in [0.717, 1.165) is 0 Å². The summed E-state index contributed by atoms with van der Waals surface area (Å²) in [5, 5.41) is 17.6. The van der Waals surface area contributed by atoms with Gasteiger partial charge < -0.3 is 30.2 Å². The van der Waals surface area contributed by atoms with Crippen molar-refractivity contribution in [3.8, 4) is 5.75 Å². The summed E-state index contributed by atoms with van der Waals surface area (Å²) < 4.78 is 83.2. The lowest BCUT2D eigenvalue weighted by atomic mass is 9.63. The molecule has 3 aromatic heterocycles. The molecule has 20 heteroatoms. The third-order valence-electron chi connectivity index (χ3n) is 13.3. The number of alkyl halides is 5. The van der Waals surface area contributed by atoms with Crippen LogP contribution in [0.2, 0.25) is 5.02 Å². The summed E-state index contributed by atoms with van der Waals surface area (Å²) in [5.41, 5.74) is 1.70. The minimum absolute atomic E-state index is 0.0911. The maximum absolute atomic E-state index is 15.2. The summed E-state index contributed by atoms with van der Waals surface area (Å²) in [5.74, 6) is -6.08. The normalized spacial score (nSPS) is 24.5. The second-order valence-corrected chi connectivity index (χ2v) is 18.0. The number of aromatic nitrogens is 5. The number of nitrogens with one attached hydrogen (secondary N) is 4. The van der Waals surface area contributed by atoms with Crippen LogP contribution in [0.1, 0.15) is 56.6 Å². The molecule has 62 heavy (non-hydrogen) atoms. The van der Waals surface area contributed by atoms with E-state index in [4.69, 9.17) is 16.3 Å². The fourth-order valence-corrected chi connectivity index (χ4v) is 10.0. The average molecular weight is 881 g/mol. The van der Waals surface area contributed by atoms with Gasteiger partial charge in [-0.3, -0.25) is 24.4 Å². The number of anilines is 5. The molecule has 3 aliphatic heterocycles. The van der Waals surface area contributed by atoms with Gasteiger partial charge >= 0.3 is 12.1 Å². The van der Waals surface area contributed by atoms with Crippen molar-refractivity contribution in [2.45, 2.75) is 75.0 Å². The van der Waals surface area contributed by atoms with Crippen molar-refractivity contribution >= 4 is 74.0 Å².